The summed E-state index contributed by atoms with van der Waals surface area (Å²) in [6.45, 7) is 4.10. The van der Waals surface area contributed by atoms with Crippen molar-refractivity contribution < 1.29 is 14.3 Å². The molecular formula is C14H19NO3S. The Bertz CT molecular complexity index is 417. The molecule has 0 aliphatic carbocycles. The number of carbonyl (C=O) groups is 2. The van der Waals surface area contributed by atoms with E-state index >= 15 is 0 Å². The highest BCUT2D eigenvalue weighted by Crippen LogP contribution is 2.16. The Hall–Kier alpha value is -1.49. The fraction of sp³-hybridized carbons (Fsp3) is 0.429. The van der Waals surface area contributed by atoms with E-state index in [0.29, 0.717) is 24.5 Å². The quantitative estimate of drug-likeness (QED) is 0.744. The monoisotopic (exact) mass is 281 g/mol. The van der Waals surface area contributed by atoms with E-state index in [1.165, 1.54) is 11.8 Å². The molecule has 0 fully saturated rings. The molecule has 0 radical (unpaired) electrons. The van der Waals surface area contributed by atoms with Gasteiger partial charge >= 0.3 is 0 Å². The molecule has 104 valence electrons. The van der Waals surface area contributed by atoms with E-state index in [9.17, 15) is 9.59 Å². The van der Waals surface area contributed by atoms with Crippen LogP contribution in [0.3, 0.4) is 0 Å². The summed E-state index contributed by atoms with van der Waals surface area (Å²) in [4.78, 5) is 22.4. The zero-order valence-corrected chi connectivity index (χ0v) is 12.1. The molecule has 1 aromatic rings. The molecule has 0 bridgehead atoms. The molecule has 0 unspecified atom stereocenters. The lowest BCUT2D eigenvalue weighted by Gasteiger charge is -2.06. The number of rotatable bonds is 8. The van der Waals surface area contributed by atoms with Crippen molar-refractivity contribution in [1.29, 1.82) is 0 Å². The number of ether oxygens (including phenoxy) is 1. The number of ketones is 1. The minimum Gasteiger partial charge on any atom is -0.494 e. The highest BCUT2D eigenvalue weighted by Gasteiger charge is 2.03. The number of Topliss-reactive ketones (excluding diaryl/α,β-unsaturated/α-hetero) is 1. The van der Waals surface area contributed by atoms with Crippen molar-refractivity contribution in [1.82, 2.24) is 0 Å². The van der Waals surface area contributed by atoms with Crippen LogP contribution >= 0.6 is 11.8 Å². The highest BCUT2D eigenvalue weighted by molar-refractivity contribution is 7.99. The van der Waals surface area contributed by atoms with Gasteiger partial charge in [0.25, 0.3) is 0 Å². The fourth-order valence-corrected chi connectivity index (χ4v) is 2.21. The zero-order valence-electron chi connectivity index (χ0n) is 11.3. The lowest BCUT2D eigenvalue weighted by Crippen LogP contribution is -2.14. The first-order valence-electron chi connectivity index (χ1n) is 6.21. The van der Waals surface area contributed by atoms with Gasteiger partial charge in [-0.05, 0) is 38.1 Å². The van der Waals surface area contributed by atoms with Crippen LogP contribution in [0.4, 0.5) is 5.69 Å². The first-order valence-corrected chi connectivity index (χ1v) is 7.37. The van der Waals surface area contributed by atoms with Gasteiger partial charge in [0.2, 0.25) is 5.91 Å². The number of hydrogen-bond acceptors (Lipinski definition) is 4. The average molecular weight is 281 g/mol. The van der Waals surface area contributed by atoms with E-state index in [2.05, 4.69) is 5.32 Å². The summed E-state index contributed by atoms with van der Waals surface area (Å²) in [7, 11) is 0. The maximum atomic E-state index is 11.6. The summed E-state index contributed by atoms with van der Waals surface area (Å²) in [5, 5.41) is 2.80. The molecule has 1 N–H and O–H groups in total. The van der Waals surface area contributed by atoms with Gasteiger partial charge in [-0.2, -0.15) is 11.8 Å². The number of hydrogen-bond donors (Lipinski definition) is 1. The number of benzene rings is 1. The van der Waals surface area contributed by atoms with Crippen LogP contribution in [-0.2, 0) is 9.59 Å². The normalized spacial score (nSPS) is 10.0. The molecule has 0 spiro atoms. The van der Waals surface area contributed by atoms with Gasteiger partial charge in [0, 0.05) is 17.9 Å². The third kappa shape index (κ3) is 6.86. The molecular weight excluding hydrogens is 262 g/mol. The summed E-state index contributed by atoms with van der Waals surface area (Å²) in [6, 6.07) is 7.26. The first kappa shape index (κ1) is 15.6. The molecule has 0 saturated carbocycles. The van der Waals surface area contributed by atoms with Gasteiger partial charge in [-0.25, -0.2) is 0 Å². The number of nitrogens with one attached hydrogen (secondary N) is 1. The van der Waals surface area contributed by atoms with Crippen LogP contribution in [0.5, 0.6) is 5.75 Å². The zero-order chi connectivity index (χ0) is 14.1. The Morgan fingerprint density at radius 1 is 1.26 bits per heavy atom. The van der Waals surface area contributed by atoms with E-state index in [1.54, 1.807) is 6.92 Å². The van der Waals surface area contributed by atoms with Crippen molar-refractivity contribution in [3.63, 3.8) is 0 Å². The molecule has 19 heavy (non-hydrogen) atoms. The Morgan fingerprint density at radius 2 is 1.95 bits per heavy atom. The third-order valence-corrected chi connectivity index (χ3v) is 3.24. The van der Waals surface area contributed by atoms with Crippen LogP contribution in [0.15, 0.2) is 24.3 Å². The minimum atomic E-state index is -0.0577. The lowest BCUT2D eigenvalue weighted by atomic mass is 10.3. The predicted molar refractivity (Wildman–Crippen MR) is 78.9 cm³/mol. The number of anilines is 1. The molecule has 0 saturated heterocycles. The Balaban J connectivity index is 2.29. The molecule has 4 nitrogen and oxygen atoms in total. The van der Waals surface area contributed by atoms with Crippen molar-refractivity contribution in [2.24, 2.45) is 0 Å². The number of carbonyl (C=O) groups excluding carboxylic acids is 2. The fourth-order valence-electron chi connectivity index (χ4n) is 1.38. The van der Waals surface area contributed by atoms with Gasteiger partial charge < -0.3 is 10.1 Å². The third-order valence-electron chi connectivity index (χ3n) is 2.28. The van der Waals surface area contributed by atoms with E-state index in [1.807, 2.05) is 31.2 Å². The first-order chi connectivity index (χ1) is 9.11. The van der Waals surface area contributed by atoms with Crippen LogP contribution in [-0.4, -0.2) is 29.8 Å². The van der Waals surface area contributed by atoms with Crippen LogP contribution < -0.4 is 10.1 Å². The molecule has 5 heteroatoms. The lowest BCUT2D eigenvalue weighted by molar-refractivity contribution is -0.116. The van der Waals surface area contributed by atoms with E-state index in [-0.39, 0.29) is 11.7 Å². The maximum absolute atomic E-state index is 11.6. The van der Waals surface area contributed by atoms with Crippen LogP contribution in [0.25, 0.3) is 0 Å². The second-order valence-electron chi connectivity index (χ2n) is 4.01. The Morgan fingerprint density at radius 3 is 2.53 bits per heavy atom. The Kier molecular flexibility index (Phi) is 7.03. The Labute approximate surface area is 117 Å². The van der Waals surface area contributed by atoms with Gasteiger partial charge in [0.1, 0.15) is 11.5 Å². The summed E-state index contributed by atoms with van der Waals surface area (Å²) in [5.41, 5.74) is 0.751. The van der Waals surface area contributed by atoms with Gasteiger partial charge in [-0.3, -0.25) is 9.59 Å². The SMILES string of the molecule is CCOc1ccc(NC(=O)CSCCC(C)=O)cc1. The molecule has 0 aliphatic rings. The molecule has 0 atom stereocenters. The van der Waals surface area contributed by atoms with E-state index in [4.69, 9.17) is 4.74 Å². The number of thioether (sulfide) groups is 1. The molecule has 1 rings (SSSR count). The van der Waals surface area contributed by atoms with Crippen LogP contribution in [0.1, 0.15) is 20.3 Å². The molecule has 0 aromatic heterocycles. The van der Waals surface area contributed by atoms with Crippen molar-refractivity contribution in [2.45, 2.75) is 20.3 Å². The highest BCUT2D eigenvalue weighted by atomic mass is 32.2. The molecule has 1 amide bonds. The summed E-state index contributed by atoms with van der Waals surface area (Å²) in [6.07, 6.45) is 0.515. The smallest absolute Gasteiger partial charge is 0.234 e. The van der Waals surface area contributed by atoms with Gasteiger partial charge in [0.05, 0.1) is 12.4 Å². The second-order valence-corrected chi connectivity index (χ2v) is 5.12. The van der Waals surface area contributed by atoms with Crippen LogP contribution in [0.2, 0.25) is 0 Å². The molecule has 1 aromatic carbocycles. The van der Waals surface area contributed by atoms with Gasteiger partial charge in [-0.15, -0.1) is 0 Å². The van der Waals surface area contributed by atoms with Crippen molar-refractivity contribution >= 4 is 29.1 Å². The van der Waals surface area contributed by atoms with Crippen molar-refractivity contribution in [3.05, 3.63) is 24.3 Å². The average Bonchev–Trinajstić information content (AvgIpc) is 2.37. The predicted octanol–water partition coefficient (Wildman–Crippen LogP) is 2.74. The van der Waals surface area contributed by atoms with Crippen LogP contribution in [0, 0.1) is 0 Å². The summed E-state index contributed by atoms with van der Waals surface area (Å²) < 4.78 is 5.32. The van der Waals surface area contributed by atoms with Crippen molar-refractivity contribution in [3.8, 4) is 5.75 Å². The molecule has 0 heterocycles. The minimum absolute atomic E-state index is 0.0577. The largest absolute Gasteiger partial charge is 0.494 e. The van der Waals surface area contributed by atoms with Gasteiger partial charge in [-0.1, -0.05) is 0 Å². The van der Waals surface area contributed by atoms with Gasteiger partial charge in [0.15, 0.2) is 0 Å². The topological polar surface area (TPSA) is 55.4 Å². The molecule has 0 aliphatic heterocycles. The van der Waals surface area contributed by atoms with Crippen molar-refractivity contribution in [2.75, 3.05) is 23.4 Å². The summed E-state index contributed by atoms with van der Waals surface area (Å²) >= 11 is 1.46. The summed E-state index contributed by atoms with van der Waals surface area (Å²) in [5.74, 6) is 1.93. The number of amides is 1. The standard InChI is InChI=1S/C14H19NO3S/c1-3-18-13-6-4-12(5-7-13)15-14(17)10-19-9-8-11(2)16/h4-7H,3,8-10H2,1-2H3,(H,15,17). The van der Waals surface area contributed by atoms with E-state index < -0.39 is 0 Å². The second kappa shape index (κ2) is 8.58. The maximum Gasteiger partial charge on any atom is 0.234 e. The van der Waals surface area contributed by atoms with E-state index in [0.717, 1.165) is 11.4 Å².